The van der Waals surface area contributed by atoms with Gasteiger partial charge >= 0.3 is 0 Å². The fourth-order valence-corrected chi connectivity index (χ4v) is 3.13. The molecule has 0 saturated carbocycles. The summed E-state index contributed by atoms with van der Waals surface area (Å²) in [6.07, 6.45) is 2.74. The Morgan fingerprint density at radius 2 is 1.96 bits per heavy atom. The van der Waals surface area contributed by atoms with Crippen LogP contribution in [-0.4, -0.2) is 35.2 Å². The van der Waals surface area contributed by atoms with Gasteiger partial charge in [0.1, 0.15) is 5.78 Å². The number of rotatable bonds is 7. The van der Waals surface area contributed by atoms with Crippen LogP contribution in [0.4, 0.5) is 0 Å². The number of fused-ring (bicyclic) bond motifs is 1. The number of aryl methyl sites for hydroxylation is 1. The molecule has 0 aliphatic carbocycles. The summed E-state index contributed by atoms with van der Waals surface area (Å²) in [4.78, 5) is 28.7. The number of nitrogens with zero attached hydrogens (tertiary/aromatic N) is 1. The lowest BCUT2D eigenvalue weighted by molar-refractivity contribution is -0.136. The Kier molecular flexibility index (Phi) is 5.59. The molecule has 0 aliphatic heterocycles. The van der Waals surface area contributed by atoms with Crippen LogP contribution in [0, 0.1) is 5.92 Å². The molecule has 0 fully saturated rings. The summed E-state index contributed by atoms with van der Waals surface area (Å²) in [6, 6.07) is 8.24. The van der Waals surface area contributed by atoms with Crippen molar-refractivity contribution in [2.45, 2.75) is 40.0 Å². The van der Waals surface area contributed by atoms with Crippen LogP contribution in [0.3, 0.4) is 0 Å². The molecule has 1 aromatic carbocycles. The Labute approximate surface area is 137 Å². The van der Waals surface area contributed by atoms with Crippen molar-refractivity contribution in [3.05, 3.63) is 35.5 Å². The molecule has 0 aliphatic rings. The molecule has 1 amide bonds. The highest BCUT2D eigenvalue weighted by molar-refractivity contribution is 5.87. The van der Waals surface area contributed by atoms with Crippen molar-refractivity contribution in [2.75, 3.05) is 13.6 Å². The van der Waals surface area contributed by atoms with Gasteiger partial charge in [-0.2, -0.15) is 0 Å². The molecule has 2 rings (SSSR count). The maximum atomic E-state index is 12.5. The summed E-state index contributed by atoms with van der Waals surface area (Å²) >= 11 is 0. The minimum absolute atomic E-state index is 0.00631. The highest BCUT2D eigenvalue weighted by Gasteiger charge is 2.21. The van der Waals surface area contributed by atoms with E-state index in [1.54, 1.807) is 7.05 Å². The minimum Gasteiger partial charge on any atom is -0.358 e. The normalized spacial score (nSPS) is 12.3. The van der Waals surface area contributed by atoms with Crippen molar-refractivity contribution < 1.29 is 9.59 Å². The Hall–Kier alpha value is -2.10. The van der Waals surface area contributed by atoms with Gasteiger partial charge in [0.15, 0.2) is 0 Å². The lowest BCUT2D eigenvalue weighted by atomic mass is 9.96. The van der Waals surface area contributed by atoms with E-state index >= 15 is 0 Å². The van der Waals surface area contributed by atoms with Crippen molar-refractivity contribution in [2.24, 2.45) is 5.92 Å². The molecule has 1 heterocycles. The summed E-state index contributed by atoms with van der Waals surface area (Å²) < 4.78 is 0. The number of hydrogen-bond acceptors (Lipinski definition) is 2. The Balaban J connectivity index is 2.24. The molecule has 0 spiro atoms. The highest BCUT2D eigenvalue weighted by atomic mass is 16.2. The zero-order valence-electron chi connectivity index (χ0n) is 14.5. The van der Waals surface area contributed by atoms with Gasteiger partial charge in [-0.25, -0.2) is 0 Å². The molecule has 124 valence electrons. The van der Waals surface area contributed by atoms with Gasteiger partial charge in [-0.15, -0.1) is 0 Å². The van der Waals surface area contributed by atoms with Crippen molar-refractivity contribution in [3.63, 3.8) is 0 Å². The van der Waals surface area contributed by atoms with Crippen LogP contribution >= 0.6 is 0 Å². The predicted octanol–water partition coefficient (Wildman–Crippen LogP) is 3.35. The fraction of sp³-hybridized carbons (Fsp3) is 0.474. The van der Waals surface area contributed by atoms with E-state index in [1.807, 2.05) is 19.1 Å². The zero-order valence-corrected chi connectivity index (χ0v) is 14.5. The van der Waals surface area contributed by atoms with Crippen molar-refractivity contribution >= 4 is 22.6 Å². The second kappa shape index (κ2) is 7.44. The summed E-state index contributed by atoms with van der Waals surface area (Å²) in [7, 11) is 1.70. The first-order valence-electron chi connectivity index (χ1n) is 8.26. The van der Waals surface area contributed by atoms with Gasteiger partial charge in [-0.05, 0) is 31.4 Å². The van der Waals surface area contributed by atoms with E-state index in [9.17, 15) is 9.59 Å². The molecular formula is C19H26N2O2. The first-order chi connectivity index (χ1) is 10.9. The number of benzene rings is 1. The topological polar surface area (TPSA) is 53.2 Å². The fourth-order valence-electron chi connectivity index (χ4n) is 3.13. The monoisotopic (exact) mass is 314 g/mol. The van der Waals surface area contributed by atoms with Crippen LogP contribution in [0.2, 0.25) is 0 Å². The number of aromatic amines is 1. The van der Waals surface area contributed by atoms with Crippen LogP contribution in [-0.2, 0) is 22.4 Å². The van der Waals surface area contributed by atoms with Crippen molar-refractivity contribution in [3.8, 4) is 0 Å². The van der Waals surface area contributed by atoms with E-state index in [0.29, 0.717) is 6.42 Å². The number of aromatic nitrogens is 1. The van der Waals surface area contributed by atoms with Gasteiger partial charge in [0.05, 0.1) is 6.54 Å². The van der Waals surface area contributed by atoms with Crippen LogP contribution in [0.25, 0.3) is 10.9 Å². The number of H-pyrrole nitrogens is 1. The van der Waals surface area contributed by atoms with E-state index in [-0.39, 0.29) is 24.2 Å². The number of ketones is 1. The lowest BCUT2D eigenvalue weighted by Gasteiger charge is -2.20. The summed E-state index contributed by atoms with van der Waals surface area (Å²) in [5.74, 6) is -0.117. The first-order valence-corrected chi connectivity index (χ1v) is 8.26. The molecule has 4 nitrogen and oxygen atoms in total. The molecule has 0 saturated heterocycles. The Bertz CT molecular complexity index is 702. The van der Waals surface area contributed by atoms with Crippen LogP contribution < -0.4 is 0 Å². The van der Waals surface area contributed by atoms with Crippen LogP contribution in [0.15, 0.2) is 24.3 Å². The van der Waals surface area contributed by atoms with Gasteiger partial charge in [-0.1, -0.05) is 38.5 Å². The molecule has 1 N–H and O–H groups in total. The molecule has 2 aromatic rings. The third kappa shape index (κ3) is 4.01. The number of para-hydroxylation sites is 1. The quantitative estimate of drug-likeness (QED) is 0.852. The zero-order chi connectivity index (χ0) is 17.0. The van der Waals surface area contributed by atoms with Crippen molar-refractivity contribution in [1.29, 1.82) is 0 Å². The lowest BCUT2D eigenvalue weighted by Crippen LogP contribution is -2.35. The Morgan fingerprint density at radius 3 is 2.61 bits per heavy atom. The molecule has 1 aromatic heterocycles. The van der Waals surface area contributed by atoms with E-state index in [0.717, 1.165) is 18.4 Å². The third-order valence-electron chi connectivity index (χ3n) is 4.17. The molecule has 0 bridgehead atoms. The molecule has 4 heteroatoms. The van der Waals surface area contributed by atoms with E-state index in [4.69, 9.17) is 0 Å². The van der Waals surface area contributed by atoms with Crippen LogP contribution in [0.5, 0.6) is 0 Å². The van der Waals surface area contributed by atoms with Gasteiger partial charge in [0, 0.05) is 29.6 Å². The number of carbonyl (C=O) groups is 2. The second-order valence-electron chi connectivity index (χ2n) is 6.38. The maximum absolute atomic E-state index is 12.5. The average molecular weight is 314 g/mol. The number of amides is 1. The maximum Gasteiger partial charge on any atom is 0.225 e. The molecule has 0 unspecified atom stereocenters. The highest BCUT2D eigenvalue weighted by Crippen LogP contribution is 2.26. The number of Topliss-reactive ketones (excluding diaryl/α,β-unsaturated/α-hetero) is 1. The van der Waals surface area contributed by atoms with E-state index in [2.05, 4.69) is 24.0 Å². The molecule has 0 radical (unpaired) electrons. The standard InChI is InChI=1S/C19H26N2O2/c1-5-8-17-16(15-9-6-7-10-18(15)20-17)11-13(2)19(23)21(4)12-14(3)22/h6-7,9-10,13,20H,5,8,11-12H2,1-4H3/t13-/m1/s1. The smallest absolute Gasteiger partial charge is 0.225 e. The van der Waals surface area contributed by atoms with E-state index in [1.165, 1.54) is 28.5 Å². The number of likely N-dealkylation sites (N-methyl/N-ethyl adjacent to an activating group) is 1. The van der Waals surface area contributed by atoms with Crippen molar-refractivity contribution in [1.82, 2.24) is 9.88 Å². The Morgan fingerprint density at radius 1 is 1.26 bits per heavy atom. The molecule has 1 atom stereocenters. The molecular weight excluding hydrogens is 288 g/mol. The minimum atomic E-state index is -0.144. The summed E-state index contributed by atoms with van der Waals surface area (Å²) in [5, 5.41) is 1.20. The van der Waals surface area contributed by atoms with Crippen LogP contribution in [0.1, 0.15) is 38.4 Å². The third-order valence-corrected chi connectivity index (χ3v) is 4.17. The first kappa shape index (κ1) is 17.3. The largest absolute Gasteiger partial charge is 0.358 e. The van der Waals surface area contributed by atoms with Gasteiger partial charge in [-0.3, -0.25) is 9.59 Å². The van der Waals surface area contributed by atoms with Gasteiger partial charge < -0.3 is 9.88 Å². The number of nitrogens with one attached hydrogen (secondary N) is 1. The predicted molar refractivity (Wildman–Crippen MR) is 93.5 cm³/mol. The van der Waals surface area contributed by atoms with E-state index < -0.39 is 0 Å². The number of hydrogen-bond donors (Lipinski definition) is 1. The second-order valence-corrected chi connectivity index (χ2v) is 6.38. The van der Waals surface area contributed by atoms with Gasteiger partial charge in [0.2, 0.25) is 5.91 Å². The molecule has 23 heavy (non-hydrogen) atoms. The SMILES string of the molecule is CCCc1[nH]c2ccccc2c1C[C@@H](C)C(=O)N(C)CC(C)=O. The summed E-state index contributed by atoms with van der Waals surface area (Å²) in [6.45, 7) is 5.79. The van der Waals surface area contributed by atoms with Gasteiger partial charge in [0.25, 0.3) is 0 Å². The average Bonchev–Trinajstić information content (AvgIpc) is 2.84. The number of carbonyl (C=O) groups excluding carboxylic acids is 2. The summed E-state index contributed by atoms with van der Waals surface area (Å²) in [5.41, 5.74) is 3.59.